The largest absolute Gasteiger partial charge is 0.463 e. The molecule has 3 aromatic rings. The van der Waals surface area contributed by atoms with E-state index in [1.807, 2.05) is 6.07 Å². The molecule has 2 aromatic heterocycles. The molecule has 0 unspecified atom stereocenters. The van der Waals surface area contributed by atoms with Crippen molar-refractivity contribution in [2.45, 2.75) is 32.5 Å². The van der Waals surface area contributed by atoms with Gasteiger partial charge in [0.15, 0.2) is 0 Å². The van der Waals surface area contributed by atoms with Crippen molar-refractivity contribution in [2.75, 3.05) is 54.1 Å². The van der Waals surface area contributed by atoms with Crippen LogP contribution in [0.15, 0.2) is 42.6 Å². The highest BCUT2D eigenvalue weighted by atomic mass is 35.5. The number of carbonyl (C=O) groups excluding carboxylic acids is 1. The van der Waals surface area contributed by atoms with Crippen LogP contribution in [0.25, 0.3) is 11.3 Å². The van der Waals surface area contributed by atoms with Gasteiger partial charge in [-0.3, -0.25) is 4.79 Å². The van der Waals surface area contributed by atoms with Gasteiger partial charge in [-0.1, -0.05) is 11.6 Å². The molecule has 38 heavy (non-hydrogen) atoms. The molecule has 0 bridgehead atoms. The molecule has 2 atom stereocenters. The first kappa shape index (κ1) is 26.1. The Morgan fingerprint density at radius 2 is 1.92 bits per heavy atom. The Bertz CT molecular complexity index is 1280. The van der Waals surface area contributed by atoms with Crippen molar-refractivity contribution in [3.05, 3.63) is 59.0 Å². The van der Waals surface area contributed by atoms with E-state index in [0.29, 0.717) is 62.7 Å². The molecule has 4 heterocycles. The molecule has 9 nitrogen and oxygen atoms in total. The minimum Gasteiger partial charge on any atom is -0.463 e. The van der Waals surface area contributed by atoms with Gasteiger partial charge in [0, 0.05) is 55.6 Å². The Balaban J connectivity index is 1.41. The van der Waals surface area contributed by atoms with E-state index in [-0.39, 0.29) is 24.5 Å². The summed E-state index contributed by atoms with van der Waals surface area (Å²) in [6, 6.07) is 10.4. The van der Waals surface area contributed by atoms with Crippen molar-refractivity contribution >= 4 is 35.7 Å². The van der Waals surface area contributed by atoms with E-state index in [2.05, 4.69) is 33.5 Å². The van der Waals surface area contributed by atoms with Crippen LogP contribution in [0.1, 0.15) is 19.4 Å². The second kappa shape index (κ2) is 11.5. The van der Waals surface area contributed by atoms with Crippen LogP contribution in [0.3, 0.4) is 0 Å². The molecule has 5 rings (SSSR count). The molecular weight excluding hydrogens is 511 g/mol. The molecule has 2 aliphatic heterocycles. The van der Waals surface area contributed by atoms with Crippen molar-refractivity contribution in [3.63, 3.8) is 0 Å². The minimum absolute atomic E-state index is 0.102. The summed E-state index contributed by atoms with van der Waals surface area (Å²) in [4.78, 5) is 31.5. The summed E-state index contributed by atoms with van der Waals surface area (Å²) in [7, 11) is 0. The van der Waals surface area contributed by atoms with Crippen molar-refractivity contribution in [1.29, 1.82) is 0 Å². The summed E-state index contributed by atoms with van der Waals surface area (Å²) in [6.07, 6.45) is 1.68. The fraction of sp³-hybridized carbons (Fsp3) is 0.407. The molecular formula is C27H30ClFN6O3. The van der Waals surface area contributed by atoms with E-state index < -0.39 is 0 Å². The van der Waals surface area contributed by atoms with Gasteiger partial charge in [0.25, 0.3) is 6.47 Å². The monoisotopic (exact) mass is 540 g/mol. The third kappa shape index (κ3) is 5.66. The number of piperazine rings is 1. The number of hydrogen-bond acceptors (Lipinski definition) is 9. The van der Waals surface area contributed by atoms with Crippen LogP contribution < -0.4 is 14.7 Å². The van der Waals surface area contributed by atoms with Crippen molar-refractivity contribution in [1.82, 2.24) is 15.0 Å². The number of anilines is 3. The van der Waals surface area contributed by atoms with Gasteiger partial charge in [-0.25, -0.2) is 14.4 Å². The predicted molar refractivity (Wildman–Crippen MR) is 144 cm³/mol. The molecule has 0 N–H and O–H groups in total. The Morgan fingerprint density at radius 1 is 1.11 bits per heavy atom. The van der Waals surface area contributed by atoms with Gasteiger partial charge in [-0.15, -0.1) is 0 Å². The van der Waals surface area contributed by atoms with E-state index >= 15 is 0 Å². The van der Waals surface area contributed by atoms with Gasteiger partial charge < -0.3 is 24.2 Å². The number of benzene rings is 1. The van der Waals surface area contributed by atoms with E-state index in [1.165, 1.54) is 12.1 Å². The maximum absolute atomic E-state index is 13.6. The lowest BCUT2D eigenvalue weighted by Crippen LogP contribution is -2.53. The number of aromatic nitrogens is 3. The molecule has 2 fully saturated rings. The highest BCUT2D eigenvalue weighted by Gasteiger charge is 2.29. The van der Waals surface area contributed by atoms with Crippen LogP contribution in [-0.4, -0.2) is 72.9 Å². The highest BCUT2D eigenvalue weighted by Crippen LogP contribution is 2.31. The quantitative estimate of drug-likeness (QED) is 0.414. The zero-order valence-electron chi connectivity index (χ0n) is 21.4. The zero-order valence-corrected chi connectivity index (χ0v) is 22.1. The van der Waals surface area contributed by atoms with Crippen molar-refractivity contribution in [3.8, 4) is 11.3 Å². The van der Waals surface area contributed by atoms with Gasteiger partial charge in [0.1, 0.15) is 24.1 Å². The first-order valence-corrected chi connectivity index (χ1v) is 13.0. The Labute approximate surface area is 226 Å². The maximum atomic E-state index is 13.6. The molecule has 0 saturated carbocycles. The maximum Gasteiger partial charge on any atom is 0.293 e. The van der Waals surface area contributed by atoms with Crippen LogP contribution in [0.4, 0.5) is 22.0 Å². The predicted octanol–water partition coefficient (Wildman–Crippen LogP) is 3.94. The van der Waals surface area contributed by atoms with Gasteiger partial charge in [0.2, 0.25) is 5.95 Å². The van der Waals surface area contributed by atoms with Crippen LogP contribution in [0.5, 0.6) is 0 Å². The normalized spacial score (nSPS) is 19.9. The number of pyridine rings is 1. The van der Waals surface area contributed by atoms with Crippen molar-refractivity contribution < 1.29 is 18.7 Å². The number of carbonyl (C=O) groups is 1. The van der Waals surface area contributed by atoms with Crippen molar-refractivity contribution in [2.24, 2.45) is 0 Å². The van der Waals surface area contributed by atoms with E-state index in [9.17, 15) is 9.18 Å². The van der Waals surface area contributed by atoms with Gasteiger partial charge in [-0.2, -0.15) is 4.98 Å². The lowest BCUT2D eigenvalue weighted by atomic mass is 10.1. The average molecular weight is 541 g/mol. The lowest BCUT2D eigenvalue weighted by Gasteiger charge is -2.42. The smallest absolute Gasteiger partial charge is 0.293 e. The summed E-state index contributed by atoms with van der Waals surface area (Å²) in [5.74, 6) is 1.88. The summed E-state index contributed by atoms with van der Waals surface area (Å²) in [6.45, 7) is 8.80. The Hall–Kier alpha value is -3.50. The Morgan fingerprint density at radius 3 is 2.63 bits per heavy atom. The van der Waals surface area contributed by atoms with Crippen LogP contribution in [0, 0.1) is 5.82 Å². The first-order chi connectivity index (χ1) is 18.4. The van der Waals surface area contributed by atoms with Gasteiger partial charge >= 0.3 is 0 Å². The topological polar surface area (TPSA) is 83.9 Å². The SMILES string of the molecule is C[C@@H]1COCCN1c1nc(-c2ccc(F)cc2)cc(N2CCN(c3ncc(COC=O)cc3Cl)C[C@@H]2C)n1. The van der Waals surface area contributed by atoms with Crippen LogP contribution in [0.2, 0.25) is 5.02 Å². The summed E-state index contributed by atoms with van der Waals surface area (Å²) < 4.78 is 24.1. The second-order valence-corrected chi connectivity index (χ2v) is 9.99. The number of nitrogens with zero attached hydrogens (tertiary/aromatic N) is 6. The molecule has 0 radical (unpaired) electrons. The molecule has 1 aromatic carbocycles. The number of morpholine rings is 1. The molecule has 11 heteroatoms. The Kier molecular flexibility index (Phi) is 7.90. The van der Waals surface area contributed by atoms with E-state index in [4.69, 9.17) is 31.0 Å². The fourth-order valence-electron chi connectivity index (χ4n) is 4.89. The molecule has 2 aliphatic rings. The summed E-state index contributed by atoms with van der Waals surface area (Å²) in [5, 5.41) is 0.516. The average Bonchev–Trinajstić information content (AvgIpc) is 2.92. The number of ether oxygens (including phenoxy) is 2. The molecule has 0 amide bonds. The molecule has 0 aliphatic carbocycles. The third-order valence-electron chi connectivity index (χ3n) is 6.88. The van der Waals surface area contributed by atoms with Gasteiger partial charge in [0.05, 0.1) is 30.0 Å². The van der Waals surface area contributed by atoms with Crippen LogP contribution >= 0.6 is 11.6 Å². The number of rotatable bonds is 7. The second-order valence-electron chi connectivity index (χ2n) is 9.58. The minimum atomic E-state index is -0.286. The summed E-state index contributed by atoms with van der Waals surface area (Å²) >= 11 is 6.54. The third-order valence-corrected chi connectivity index (χ3v) is 7.16. The first-order valence-electron chi connectivity index (χ1n) is 12.6. The molecule has 200 valence electrons. The highest BCUT2D eigenvalue weighted by molar-refractivity contribution is 6.33. The summed E-state index contributed by atoms with van der Waals surface area (Å²) in [5.41, 5.74) is 2.31. The lowest BCUT2D eigenvalue weighted by molar-refractivity contribution is -0.129. The molecule has 0 spiro atoms. The standard InChI is InChI=1S/C27H30ClFN6O3/c1-18-14-33(26-23(28)11-20(13-30-26)16-38-17-36)7-8-34(18)25-12-24(21-3-5-22(29)6-4-21)31-27(32-25)35-9-10-37-15-19(35)2/h3-6,11-13,17-19H,7-10,14-16H2,1-2H3/t18-,19+/m0/s1. The fourth-order valence-corrected chi connectivity index (χ4v) is 5.20. The molecule has 2 saturated heterocycles. The zero-order chi connectivity index (χ0) is 26.6. The van der Waals surface area contributed by atoms with Crippen LogP contribution in [-0.2, 0) is 20.9 Å². The van der Waals surface area contributed by atoms with E-state index in [0.717, 1.165) is 22.6 Å². The number of hydrogen-bond donors (Lipinski definition) is 0. The van der Waals surface area contributed by atoms with E-state index in [1.54, 1.807) is 24.4 Å². The number of halogens is 2. The van der Waals surface area contributed by atoms with Gasteiger partial charge in [-0.05, 0) is 44.2 Å².